The van der Waals surface area contributed by atoms with Crippen LogP contribution in [0, 0.1) is 0 Å². The minimum atomic E-state index is -0.653. The Labute approximate surface area is 61.1 Å². The molecular weight excluding hydrogens is 177 g/mol. The van der Waals surface area contributed by atoms with E-state index in [1.165, 1.54) is 0 Å². The van der Waals surface area contributed by atoms with Gasteiger partial charge < -0.3 is 6.15 Å². The Hall–Kier alpha value is 0.843. The summed E-state index contributed by atoms with van der Waals surface area (Å²) in [4.78, 5) is 0. The average molecular weight is 195 g/mol. The molecule has 0 unspecified atom stereocenters. The van der Waals surface area contributed by atoms with Gasteiger partial charge >= 0.3 is 54.9 Å². The van der Waals surface area contributed by atoms with Gasteiger partial charge in [-0.1, -0.05) is 0 Å². The Bertz CT molecular complexity index is 30.0. The van der Waals surface area contributed by atoms with Crippen LogP contribution in [0.15, 0.2) is 0 Å². The smallest absolute Gasteiger partial charge is 0.344 e. The SMILES string of the molecule is C[CH2][Zr]([CH2]C)[CH2]C.N. The third kappa shape index (κ3) is 4.99. The fourth-order valence-electron chi connectivity index (χ4n) is 0.750. The van der Waals surface area contributed by atoms with E-state index < -0.39 is 21.8 Å². The van der Waals surface area contributed by atoms with Crippen LogP contribution in [0.3, 0.4) is 0 Å². The molecule has 0 aliphatic heterocycles. The Balaban J connectivity index is 0. The van der Waals surface area contributed by atoms with Crippen LogP contribution in [0.25, 0.3) is 0 Å². The van der Waals surface area contributed by atoms with Crippen molar-refractivity contribution in [2.75, 3.05) is 0 Å². The molecule has 8 heavy (non-hydrogen) atoms. The molecule has 0 saturated carbocycles. The molecule has 0 rings (SSSR count). The van der Waals surface area contributed by atoms with Crippen molar-refractivity contribution in [1.82, 2.24) is 6.15 Å². The van der Waals surface area contributed by atoms with Crippen molar-refractivity contribution >= 4 is 0 Å². The fraction of sp³-hybridized carbons (Fsp3) is 1.00. The van der Waals surface area contributed by atoms with E-state index in [2.05, 4.69) is 20.8 Å². The molecule has 0 amide bonds. The fourth-order valence-corrected chi connectivity index (χ4v) is 4.44. The number of hydrogen-bond acceptors (Lipinski definition) is 1. The maximum absolute atomic E-state index is 2.35. The van der Waals surface area contributed by atoms with Gasteiger partial charge in [-0.2, -0.15) is 0 Å². The van der Waals surface area contributed by atoms with Gasteiger partial charge in [-0.15, -0.1) is 0 Å². The van der Waals surface area contributed by atoms with Gasteiger partial charge in [-0.25, -0.2) is 0 Å². The molecule has 2 heteroatoms. The molecule has 0 spiro atoms. The van der Waals surface area contributed by atoms with Crippen LogP contribution in [0.5, 0.6) is 0 Å². The quantitative estimate of drug-likeness (QED) is 0.738. The molecule has 0 aromatic carbocycles. The van der Waals surface area contributed by atoms with Crippen molar-refractivity contribution in [3.63, 3.8) is 0 Å². The van der Waals surface area contributed by atoms with E-state index in [0.29, 0.717) is 0 Å². The van der Waals surface area contributed by atoms with Gasteiger partial charge in [-0.3, -0.25) is 0 Å². The van der Waals surface area contributed by atoms with Crippen LogP contribution in [0.2, 0.25) is 12.4 Å². The van der Waals surface area contributed by atoms with Crippen LogP contribution in [-0.4, -0.2) is 0 Å². The van der Waals surface area contributed by atoms with Gasteiger partial charge in [-0.05, 0) is 0 Å². The molecule has 0 atom stereocenters. The van der Waals surface area contributed by atoms with Crippen LogP contribution in [0.1, 0.15) is 20.8 Å². The van der Waals surface area contributed by atoms with Crippen LogP contribution < -0.4 is 6.15 Å². The normalized spacial score (nSPS) is 7.88. The molecule has 0 aromatic rings. The summed E-state index contributed by atoms with van der Waals surface area (Å²) in [5.74, 6) is 0. The monoisotopic (exact) mass is 194 g/mol. The first-order valence-corrected chi connectivity index (χ1v) is 8.40. The third-order valence-corrected chi connectivity index (χ3v) is 8.87. The van der Waals surface area contributed by atoms with E-state index in [-0.39, 0.29) is 6.15 Å². The number of hydrogen-bond donors (Lipinski definition) is 1. The zero-order valence-corrected chi connectivity index (χ0v) is 8.79. The molecule has 51 valence electrons. The predicted molar refractivity (Wildman–Crippen MR) is 36.5 cm³/mol. The summed E-state index contributed by atoms with van der Waals surface area (Å²) in [5, 5.41) is 0. The van der Waals surface area contributed by atoms with E-state index >= 15 is 0 Å². The third-order valence-electron chi connectivity index (χ3n) is 1.50. The summed E-state index contributed by atoms with van der Waals surface area (Å²) in [6.07, 6.45) is 0. The van der Waals surface area contributed by atoms with Crippen molar-refractivity contribution in [2.24, 2.45) is 0 Å². The molecule has 0 aliphatic rings. The van der Waals surface area contributed by atoms with Crippen molar-refractivity contribution in [1.29, 1.82) is 0 Å². The second-order valence-corrected chi connectivity index (χ2v) is 10.7. The molecule has 0 bridgehead atoms. The first kappa shape index (κ1) is 11.6. The van der Waals surface area contributed by atoms with Crippen LogP contribution in [0.4, 0.5) is 0 Å². The topological polar surface area (TPSA) is 35.0 Å². The molecule has 0 aromatic heterocycles. The molecule has 0 fully saturated rings. The van der Waals surface area contributed by atoms with E-state index in [9.17, 15) is 0 Å². The Kier molecular flexibility index (Phi) is 11.4. The minimum Gasteiger partial charge on any atom is -0.344 e. The van der Waals surface area contributed by atoms with Crippen LogP contribution >= 0.6 is 0 Å². The maximum Gasteiger partial charge on any atom is -0.344 e. The maximum atomic E-state index is 2.35. The Morgan fingerprint density at radius 2 is 1.12 bits per heavy atom. The van der Waals surface area contributed by atoms with Gasteiger partial charge in [0.25, 0.3) is 0 Å². The molecule has 0 heterocycles. The first-order chi connectivity index (χ1) is 3.35. The zero-order valence-electron chi connectivity index (χ0n) is 6.33. The van der Waals surface area contributed by atoms with Gasteiger partial charge in [0.2, 0.25) is 0 Å². The Morgan fingerprint density at radius 1 is 0.875 bits per heavy atom. The van der Waals surface area contributed by atoms with E-state index in [1.807, 2.05) is 0 Å². The van der Waals surface area contributed by atoms with Crippen molar-refractivity contribution < 1.29 is 21.8 Å². The summed E-state index contributed by atoms with van der Waals surface area (Å²) in [5.41, 5.74) is 0. The van der Waals surface area contributed by atoms with Crippen molar-refractivity contribution in [3.05, 3.63) is 0 Å². The van der Waals surface area contributed by atoms with Gasteiger partial charge in [0, 0.05) is 0 Å². The standard InChI is InChI=1S/3C2H5.H3N.Zr/c3*1-2;;/h3*1H2,2H3;1H3;. The van der Waals surface area contributed by atoms with Gasteiger partial charge in [0.15, 0.2) is 0 Å². The summed E-state index contributed by atoms with van der Waals surface area (Å²) in [6.45, 7) is 7.05. The first-order valence-electron chi connectivity index (χ1n) is 3.18. The summed E-state index contributed by atoms with van der Waals surface area (Å²) < 4.78 is 4.65. The zero-order chi connectivity index (χ0) is 5.70. The Morgan fingerprint density at radius 3 is 1.12 bits per heavy atom. The average Bonchev–Trinajstić information content (AvgIpc) is 1.72. The van der Waals surface area contributed by atoms with E-state index in [4.69, 9.17) is 0 Å². The molecular formula is C6H18NZr. The van der Waals surface area contributed by atoms with Gasteiger partial charge in [0.1, 0.15) is 0 Å². The summed E-state index contributed by atoms with van der Waals surface area (Å²) in [6, 6.07) is 0. The van der Waals surface area contributed by atoms with Crippen LogP contribution in [-0.2, 0) is 21.8 Å². The minimum absolute atomic E-state index is 0. The summed E-state index contributed by atoms with van der Waals surface area (Å²) in [7, 11) is 0. The second-order valence-electron chi connectivity index (χ2n) is 1.81. The van der Waals surface area contributed by atoms with E-state index in [0.717, 1.165) is 0 Å². The predicted octanol–water partition coefficient (Wildman–Crippen LogP) is 3.08. The molecule has 0 radical (unpaired) electrons. The molecule has 3 N–H and O–H groups in total. The number of rotatable bonds is 3. The summed E-state index contributed by atoms with van der Waals surface area (Å²) >= 11 is -0.653. The largest absolute Gasteiger partial charge is 0.344 e. The molecule has 0 saturated heterocycles. The van der Waals surface area contributed by atoms with Crippen molar-refractivity contribution in [2.45, 2.75) is 33.2 Å². The molecule has 0 aliphatic carbocycles. The molecule has 1 nitrogen and oxygen atoms in total. The van der Waals surface area contributed by atoms with Crippen molar-refractivity contribution in [3.8, 4) is 0 Å². The van der Waals surface area contributed by atoms with Gasteiger partial charge in [0.05, 0.1) is 0 Å². The second kappa shape index (κ2) is 7.84. The van der Waals surface area contributed by atoms with E-state index in [1.54, 1.807) is 12.4 Å².